The van der Waals surface area contributed by atoms with Crippen LogP contribution in [0.3, 0.4) is 0 Å². The Balaban J connectivity index is 1.44. The molecule has 3 aromatic rings. The molecule has 1 amide bonds. The zero-order valence-electron chi connectivity index (χ0n) is 19.0. The molecule has 1 fully saturated rings. The van der Waals surface area contributed by atoms with E-state index in [1.807, 2.05) is 67.1 Å². The summed E-state index contributed by atoms with van der Waals surface area (Å²) in [5.74, 6) is 0.814. The van der Waals surface area contributed by atoms with Crippen LogP contribution in [0.4, 0.5) is 0 Å². The Morgan fingerprint density at radius 2 is 1.75 bits per heavy atom. The lowest BCUT2D eigenvalue weighted by atomic mass is 9.80. The Morgan fingerprint density at radius 3 is 2.50 bits per heavy atom. The largest absolute Gasteiger partial charge is 0.487 e. The molecule has 2 aliphatic heterocycles. The molecule has 0 saturated carbocycles. The normalized spacial score (nSPS) is 19.9. The van der Waals surface area contributed by atoms with E-state index in [0.717, 1.165) is 60.7 Å². The second-order valence-electron chi connectivity index (χ2n) is 9.15. The Hall–Kier alpha value is -3.12. The molecule has 0 aliphatic carbocycles. The van der Waals surface area contributed by atoms with Crippen LogP contribution in [0, 0.1) is 13.8 Å². The highest BCUT2D eigenvalue weighted by molar-refractivity contribution is 5.96. The van der Waals surface area contributed by atoms with Crippen molar-refractivity contribution in [3.63, 3.8) is 0 Å². The van der Waals surface area contributed by atoms with Gasteiger partial charge in [0.05, 0.1) is 28.7 Å². The van der Waals surface area contributed by atoms with Gasteiger partial charge in [-0.05, 0) is 51.9 Å². The number of aryl methyl sites for hydroxylation is 1. The van der Waals surface area contributed by atoms with E-state index in [4.69, 9.17) is 4.74 Å². The lowest BCUT2D eigenvalue weighted by Crippen LogP contribution is -2.51. The van der Waals surface area contributed by atoms with Crippen molar-refractivity contribution in [1.29, 1.82) is 0 Å². The van der Waals surface area contributed by atoms with Crippen molar-refractivity contribution in [2.45, 2.75) is 44.8 Å². The molecular formula is C26H30N4O2. The average molecular weight is 431 g/mol. The van der Waals surface area contributed by atoms with Crippen molar-refractivity contribution >= 4 is 5.91 Å². The lowest BCUT2D eigenvalue weighted by Gasteiger charge is -2.46. The second-order valence-corrected chi connectivity index (χ2v) is 9.15. The monoisotopic (exact) mass is 430 g/mol. The summed E-state index contributed by atoms with van der Waals surface area (Å²) in [6.07, 6.45) is 2.72. The van der Waals surface area contributed by atoms with Crippen LogP contribution < -0.4 is 10.1 Å². The fourth-order valence-electron chi connectivity index (χ4n) is 5.10. The molecule has 1 saturated heterocycles. The van der Waals surface area contributed by atoms with Crippen LogP contribution in [0.15, 0.2) is 54.6 Å². The molecule has 2 aliphatic rings. The van der Waals surface area contributed by atoms with Gasteiger partial charge in [-0.1, -0.05) is 36.4 Å². The highest BCUT2D eigenvalue weighted by atomic mass is 16.5. The van der Waals surface area contributed by atoms with Gasteiger partial charge in [0.25, 0.3) is 5.91 Å². The van der Waals surface area contributed by atoms with E-state index in [1.54, 1.807) is 0 Å². The van der Waals surface area contributed by atoms with Crippen LogP contribution in [0.5, 0.6) is 5.75 Å². The first-order chi connectivity index (χ1) is 15.5. The van der Waals surface area contributed by atoms with Crippen molar-refractivity contribution in [2.24, 2.45) is 0 Å². The molecule has 166 valence electrons. The maximum Gasteiger partial charge on any atom is 0.255 e. The van der Waals surface area contributed by atoms with Gasteiger partial charge in [-0.2, -0.15) is 5.10 Å². The topological polar surface area (TPSA) is 59.4 Å². The third kappa shape index (κ3) is 3.69. The fraction of sp³-hybridized carbons (Fsp3) is 0.385. The summed E-state index contributed by atoms with van der Waals surface area (Å²) < 4.78 is 8.39. The number of hydrogen-bond donors (Lipinski definition) is 1. The third-order valence-corrected chi connectivity index (χ3v) is 6.92. The number of rotatable bonds is 3. The molecule has 1 spiro atoms. The van der Waals surface area contributed by atoms with E-state index in [-0.39, 0.29) is 17.6 Å². The number of piperidine rings is 1. The molecule has 1 N–H and O–H groups in total. The summed E-state index contributed by atoms with van der Waals surface area (Å²) in [4.78, 5) is 15.9. The van der Waals surface area contributed by atoms with Gasteiger partial charge in [0.15, 0.2) is 0 Å². The SMILES string of the molecule is Cc1nn(-c2ccccc2)c(C)c1C(=O)NC1CC2(CCN(C)CC2)Oc2ccccc21. The van der Waals surface area contributed by atoms with E-state index in [0.29, 0.717) is 5.56 Å². The van der Waals surface area contributed by atoms with Gasteiger partial charge in [-0.3, -0.25) is 4.79 Å². The number of nitrogens with zero attached hydrogens (tertiary/aromatic N) is 3. The predicted molar refractivity (Wildman–Crippen MR) is 124 cm³/mol. The van der Waals surface area contributed by atoms with Crippen LogP contribution in [0.25, 0.3) is 5.69 Å². The van der Waals surface area contributed by atoms with Crippen molar-refractivity contribution in [1.82, 2.24) is 20.0 Å². The minimum Gasteiger partial charge on any atom is -0.487 e. The third-order valence-electron chi connectivity index (χ3n) is 6.92. The van der Waals surface area contributed by atoms with Gasteiger partial charge in [-0.25, -0.2) is 4.68 Å². The van der Waals surface area contributed by atoms with Crippen LogP contribution in [0.1, 0.15) is 52.6 Å². The Bertz CT molecular complexity index is 1130. The Kier molecular flexibility index (Phi) is 5.25. The minimum atomic E-state index is -0.225. The standard InChI is InChI=1S/C26H30N4O2/c1-18-24(19(2)30(28-18)20-9-5-4-6-10-20)25(31)27-22-17-26(13-15-29(3)16-14-26)32-23-12-8-7-11-21(22)23/h4-12,22H,13-17H2,1-3H3,(H,27,31). The van der Waals surface area contributed by atoms with Crippen molar-refractivity contribution < 1.29 is 9.53 Å². The molecule has 3 heterocycles. The molecule has 6 heteroatoms. The Morgan fingerprint density at radius 1 is 1.06 bits per heavy atom. The van der Waals surface area contributed by atoms with Crippen LogP contribution >= 0.6 is 0 Å². The van der Waals surface area contributed by atoms with Gasteiger partial charge >= 0.3 is 0 Å². The molecule has 1 unspecified atom stereocenters. The molecule has 2 aromatic carbocycles. The van der Waals surface area contributed by atoms with Crippen LogP contribution in [0.2, 0.25) is 0 Å². The number of amides is 1. The number of para-hydroxylation sites is 2. The molecule has 32 heavy (non-hydrogen) atoms. The summed E-state index contributed by atoms with van der Waals surface area (Å²) in [7, 11) is 2.15. The van der Waals surface area contributed by atoms with Crippen molar-refractivity contribution in [3.05, 3.63) is 77.1 Å². The Labute approximate surface area is 189 Å². The highest BCUT2D eigenvalue weighted by Crippen LogP contribution is 2.44. The molecule has 1 aromatic heterocycles. The van der Waals surface area contributed by atoms with Gasteiger partial charge in [-0.15, -0.1) is 0 Å². The highest BCUT2D eigenvalue weighted by Gasteiger charge is 2.43. The average Bonchev–Trinajstić information content (AvgIpc) is 3.10. The van der Waals surface area contributed by atoms with Gasteiger partial charge in [0, 0.05) is 25.1 Å². The van der Waals surface area contributed by atoms with Gasteiger partial charge in [0.2, 0.25) is 0 Å². The van der Waals surface area contributed by atoms with Gasteiger partial charge < -0.3 is 15.0 Å². The molecule has 6 nitrogen and oxygen atoms in total. The number of fused-ring (bicyclic) bond motifs is 1. The van der Waals surface area contributed by atoms with Crippen molar-refractivity contribution in [2.75, 3.05) is 20.1 Å². The summed E-state index contributed by atoms with van der Waals surface area (Å²) in [5, 5.41) is 7.99. The quantitative estimate of drug-likeness (QED) is 0.676. The van der Waals surface area contributed by atoms with Crippen LogP contribution in [-0.4, -0.2) is 46.3 Å². The number of aromatic nitrogens is 2. The first-order valence-corrected chi connectivity index (χ1v) is 11.3. The molecular weight excluding hydrogens is 400 g/mol. The number of ether oxygens (including phenoxy) is 1. The maximum absolute atomic E-state index is 13.5. The lowest BCUT2D eigenvalue weighted by molar-refractivity contribution is -0.0195. The zero-order chi connectivity index (χ0) is 22.3. The zero-order valence-corrected chi connectivity index (χ0v) is 19.0. The second kappa shape index (κ2) is 8.10. The minimum absolute atomic E-state index is 0.0769. The molecule has 1 atom stereocenters. The molecule has 0 radical (unpaired) electrons. The predicted octanol–water partition coefficient (Wildman–Crippen LogP) is 4.21. The molecule has 0 bridgehead atoms. The summed E-state index contributed by atoms with van der Waals surface area (Å²) in [6, 6.07) is 17.9. The number of nitrogens with one attached hydrogen (secondary N) is 1. The number of benzene rings is 2. The number of carbonyl (C=O) groups is 1. The van der Waals surface area contributed by atoms with E-state index in [2.05, 4.69) is 28.4 Å². The van der Waals surface area contributed by atoms with Crippen LogP contribution in [-0.2, 0) is 0 Å². The fourth-order valence-corrected chi connectivity index (χ4v) is 5.10. The summed E-state index contributed by atoms with van der Waals surface area (Å²) in [6.45, 7) is 5.87. The maximum atomic E-state index is 13.5. The van der Waals surface area contributed by atoms with E-state index in [9.17, 15) is 4.79 Å². The van der Waals surface area contributed by atoms with E-state index >= 15 is 0 Å². The van der Waals surface area contributed by atoms with E-state index in [1.165, 1.54) is 0 Å². The number of carbonyl (C=O) groups excluding carboxylic acids is 1. The van der Waals surface area contributed by atoms with Gasteiger partial charge in [0.1, 0.15) is 11.4 Å². The smallest absolute Gasteiger partial charge is 0.255 e. The van der Waals surface area contributed by atoms with Crippen molar-refractivity contribution in [3.8, 4) is 11.4 Å². The summed E-state index contributed by atoms with van der Waals surface area (Å²) >= 11 is 0. The number of hydrogen-bond acceptors (Lipinski definition) is 4. The number of likely N-dealkylation sites (tertiary alicyclic amines) is 1. The van der Waals surface area contributed by atoms with E-state index < -0.39 is 0 Å². The molecule has 5 rings (SSSR count). The first-order valence-electron chi connectivity index (χ1n) is 11.3. The summed E-state index contributed by atoms with van der Waals surface area (Å²) in [5.41, 5.74) is 4.01. The first kappa shape index (κ1) is 20.8.